The average molecular weight is 255 g/mol. The molecule has 1 heterocycles. The van der Waals surface area contributed by atoms with Gasteiger partial charge in [0.15, 0.2) is 0 Å². The Kier molecular flexibility index (Phi) is 3.07. The Morgan fingerprint density at radius 3 is 2.68 bits per heavy atom. The van der Waals surface area contributed by atoms with E-state index in [9.17, 15) is 4.79 Å². The lowest BCUT2D eigenvalue weighted by Crippen LogP contribution is -2.49. The number of aromatic amines is 1. The fourth-order valence-corrected chi connectivity index (χ4v) is 2.66. The van der Waals surface area contributed by atoms with Crippen molar-refractivity contribution in [2.45, 2.75) is 31.2 Å². The van der Waals surface area contributed by atoms with Crippen LogP contribution < -0.4 is 5.32 Å². The van der Waals surface area contributed by atoms with Crippen LogP contribution in [0.2, 0.25) is 0 Å². The molecule has 0 atom stereocenters. The maximum Gasteiger partial charge on any atom is 0.230 e. The highest BCUT2D eigenvalue weighted by Gasteiger charge is 2.45. The van der Waals surface area contributed by atoms with Gasteiger partial charge in [-0.3, -0.25) is 4.79 Å². The predicted molar refractivity (Wildman–Crippen MR) is 72.4 cm³/mol. The molecule has 98 valence electrons. The lowest BCUT2D eigenvalue weighted by molar-refractivity contribution is -0.130. The zero-order valence-electron chi connectivity index (χ0n) is 10.7. The highest BCUT2D eigenvalue weighted by Crippen LogP contribution is 2.43. The van der Waals surface area contributed by atoms with Gasteiger partial charge in [-0.1, -0.05) is 36.8 Å². The molecule has 0 aliphatic heterocycles. The summed E-state index contributed by atoms with van der Waals surface area (Å²) < 4.78 is 0. The first-order valence-electron chi connectivity index (χ1n) is 6.62. The van der Waals surface area contributed by atoms with E-state index in [1.807, 2.05) is 18.2 Å². The molecule has 0 bridgehead atoms. The summed E-state index contributed by atoms with van der Waals surface area (Å²) in [4.78, 5) is 19.4. The summed E-state index contributed by atoms with van der Waals surface area (Å²) in [5, 5.41) is 3.02. The molecular weight excluding hydrogens is 238 g/mol. The molecule has 1 amide bonds. The number of H-pyrrole nitrogens is 1. The Balaban J connectivity index is 1.73. The van der Waals surface area contributed by atoms with E-state index in [-0.39, 0.29) is 11.3 Å². The van der Waals surface area contributed by atoms with Crippen LogP contribution in [-0.4, -0.2) is 15.9 Å². The van der Waals surface area contributed by atoms with Crippen LogP contribution in [0.25, 0.3) is 0 Å². The zero-order valence-corrected chi connectivity index (χ0v) is 10.7. The van der Waals surface area contributed by atoms with Crippen molar-refractivity contribution in [2.24, 2.45) is 0 Å². The van der Waals surface area contributed by atoms with Crippen LogP contribution in [0.5, 0.6) is 0 Å². The molecule has 4 nitrogen and oxygen atoms in total. The van der Waals surface area contributed by atoms with Crippen LogP contribution in [0.15, 0.2) is 42.9 Å². The van der Waals surface area contributed by atoms with Crippen molar-refractivity contribution >= 4 is 5.91 Å². The van der Waals surface area contributed by atoms with E-state index in [4.69, 9.17) is 0 Å². The van der Waals surface area contributed by atoms with E-state index in [0.29, 0.717) is 6.54 Å². The molecule has 0 unspecified atom stereocenters. The molecule has 1 aromatic heterocycles. The number of carbonyl (C=O) groups excluding carboxylic acids is 1. The van der Waals surface area contributed by atoms with Crippen LogP contribution in [0.4, 0.5) is 0 Å². The van der Waals surface area contributed by atoms with Gasteiger partial charge >= 0.3 is 0 Å². The number of hydrogen-bond acceptors (Lipinski definition) is 2. The van der Waals surface area contributed by atoms with E-state index in [1.54, 1.807) is 12.5 Å². The van der Waals surface area contributed by atoms with E-state index < -0.39 is 0 Å². The van der Waals surface area contributed by atoms with Crippen LogP contribution in [0, 0.1) is 0 Å². The summed E-state index contributed by atoms with van der Waals surface area (Å²) in [6.45, 7) is 0.507. The van der Waals surface area contributed by atoms with E-state index >= 15 is 0 Å². The van der Waals surface area contributed by atoms with Gasteiger partial charge in [-0.2, -0.15) is 0 Å². The molecule has 1 aliphatic rings. The Labute approximate surface area is 112 Å². The standard InChI is InChI=1S/C15H17N3O/c19-14(17-10-13-9-16-11-18-13)15(7-4-8-15)12-5-2-1-3-6-12/h1-3,5-6,9,11H,4,7-8,10H2,(H,16,18)(H,17,19). The highest BCUT2D eigenvalue weighted by atomic mass is 16.2. The van der Waals surface area contributed by atoms with E-state index in [0.717, 1.165) is 30.5 Å². The Hall–Kier alpha value is -2.10. The van der Waals surface area contributed by atoms with Gasteiger partial charge in [0.25, 0.3) is 0 Å². The van der Waals surface area contributed by atoms with Crippen LogP contribution in [-0.2, 0) is 16.8 Å². The second kappa shape index (κ2) is 4.88. The molecule has 1 saturated carbocycles. The third kappa shape index (κ3) is 2.14. The smallest absolute Gasteiger partial charge is 0.230 e. The molecule has 0 radical (unpaired) electrons. The minimum atomic E-state index is -0.318. The number of hydrogen-bond donors (Lipinski definition) is 2. The lowest BCUT2D eigenvalue weighted by Gasteiger charge is -2.40. The Bertz CT molecular complexity index is 544. The number of nitrogens with zero attached hydrogens (tertiary/aromatic N) is 1. The SMILES string of the molecule is O=C(NCc1cnc[nH]1)C1(c2ccccc2)CCC1. The van der Waals surface area contributed by atoms with Crippen molar-refractivity contribution in [3.63, 3.8) is 0 Å². The third-order valence-corrected chi connectivity index (χ3v) is 3.96. The molecule has 2 N–H and O–H groups in total. The lowest BCUT2D eigenvalue weighted by atomic mass is 9.64. The minimum absolute atomic E-state index is 0.125. The number of nitrogens with one attached hydrogen (secondary N) is 2. The van der Waals surface area contributed by atoms with Gasteiger partial charge < -0.3 is 10.3 Å². The maximum atomic E-state index is 12.5. The first kappa shape index (κ1) is 12.0. The third-order valence-electron chi connectivity index (χ3n) is 3.96. The zero-order chi connectivity index (χ0) is 13.1. The van der Waals surface area contributed by atoms with Gasteiger partial charge in [-0.25, -0.2) is 4.98 Å². The van der Waals surface area contributed by atoms with Gasteiger partial charge in [0, 0.05) is 6.20 Å². The van der Waals surface area contributed by atoms with Crippen LogP contribution in [0.3, 0.4) is 0 Å². The number of imidazole rings is 1. The average Bonchev–Trinajstić information content (AvgIpc) is 2.89. The fraction of sp³-hybridized carbons (Fsp3) is 0.333. The van der Waals surface area contributed by atoms with Gasteiger partial charge in [-0.05, 0) is 18.4 Å². The van der Waals surface area contributed by atoms with Crippen molar-refractivity contribution < 1.29 is 4.79 Å². The van der Waals surface area contributed by atoms with Crippen molar-refractivity contribution in [3.8, 4) is 0 Å². The number of rotatable bonds is 4. The summed E-state index contributed by atoms with van der Waals surface area (Å²) in [5.74, 6) is 0.125. The minimum Gasteiger partial charge on any atom is -0.350 e. The quantitative estimate of drug-likeness (QED) is 0.879. The number of aromatic nitrogens is 2. The summed E-state index contributed by atoms with van der Waals surface area (Å²) in [7, 11) is 0. The van der Waals surface area contributed by atoms with Crippen molar-refractivity contribution in [2.75, 3.05) is 0 Å². The molecule has 1 aliphatic carbocycles. The van der Waals surface area contributed by atoms with Crippen molar-refractivity contribution in [1.82, 2.24) is 15.3 Å². The summed E-state index contributed by atoms with van der Waals surface area (Å²) in [5.41, 5.74) is 1.74. The van der Waals surface area contributed by atoms with Gasteiger partial charge in [0.1, 0.15) is 0 Å². The van der Waals surface area contributed by atoms with Gasteiger partial charge in [0.2, 0.25) is 5.91 Å². The molecule has 4 heteroatoms. The molecule has 0 spiro atoms. The highest BCUT2D eigenvalue weighted by molar-refractivity contribution is 5.89. The molecule has 2 aromatic rings. The van der Waals surface area contributed by atoms with Gasteiger partial charge in [0.05, 0.1) is 24.0 Å². The molecule has 0 saturated heterocycles. The number of carbonyl (C=O) groups is 1. The summed E-state index contributed by atoms with van der Waals surface area (Å²) in [6.07, 6.45) is 6.35. The molecular formula is C15H17N3O. The first-order valence-corrected chi connectivity index (χ1v) is 6.62. The fourth-order valence-electron chi connectivity index (χ4n) is 2.66. The van der Waals surface area contributed by atoms with E-state index in [2.05, 4.69) is 27.4 Å². The summed E-state index contributed by atoms with van der Waals surface area (Å²) >= 11 is 0. The van der Waals surface area contributed by atoms with Crippen molar-refractivity contribution in [3.05, 3.63) is 54.1 Å². The molecule has 1 fully saturated rings. The van der Waals surface area contributed by atoms with Crippen molar-refractivity contribution in [1.29, 1.82) is 0 Å². The molecule has 1 aromatic carbocycles. The Morgan fingerprint density at radius 1 is 1.32 bits per heavy atom. The van der Waals surface area contributed by atoms with Crippen LogP contribution >= 0.6 is 0 Å². The van der Waals surface area contributed by atoms with E-state index in [1.165, 1.54) is 0 Å². The number of amides is 1. The second-order valence-corrected chi connectivity index (χ2v) is 5.06. The number of benzene rings is 1. The second-order valence-electron chi connectivity index (χ2n) is 5.06. The first-order chi connectivity index (χ1) is 9.31. The predicted octanol–water partition coefficient (Wildman–Crippen LogP) is 2.15. The Morgan fingerprint density at radius 2 is 2.11 bits per heavy atom. The normalized spacial score (nSPS) is 16.6. The topological polar surface area (TPSA) is 57.8 Å². The summed E-state index contributed by atoms with van der Waals surface area (Å²) in [6, 6.07) is 10.1. The largest absolute Gasteiger partial charge is 0.350 e. The monoisotopic (exact) mass is 255 g/mol. The van der Waals surface area contributed by atoms with Crippen LogP contribution in [0.1, 0.15) is 30.5 Å². The van der Waals surface area contributed by atoms with Gasteiger partial charge in [-0.15, -0.1) is 0 Å². The molecule has 19 heavy (non-hydrogen) atoms. The maximum absolute atomic E-state index is 12.5. The molecule has 3 rings (SSSR count).